The van der Waals surface area contributed by atoms with E-state index in [9.17, 15) is 35.9 Å². The fourth-order valence-corrected chi connectivity index (χ4v) is 4.53. The molecule has 0 radical (unpaired) electrons. The van der Waals surface area contributed by atoms with E-state index in [0.29, 0.717) is 0 Å². The molecule has 5 atom stereocenters. The second-order valence-corrected chi connectivity index (χ2v) is 9.83. The summed E-state index contributed by atoms with van der Waals surface area (Å²) in [5.74, 6) is -2.15. The van der Waals surface area contributed by atoms with Crippen molar-refractivity contribution in [3.63, 3.8) is 0 Å². The summed E-state index contributed by atoms with van der Waals surface area (Å²) in [7, 11) is 1.22. The molecule has 0 unspecified atom stereocenters. The lowest BCUT2D eigenvalue weighted by atomic mass is 10.0. The highest BCUT2D eigenvalue weighted by Gasteiger charge is 2.49. The number of hydrogen-bond acceptors (Lipinski definition) is 8. The molecule has 1 aliphatic heterocycles. The van der Waals surface area contributed by atoms with E-state index in [-0.39, 0.29) is 40.4 Å². The first-order chi connectivity index (χ1) is 20.0. The van der Waals surface area contributed by atoms with E-state index in [2.05, 4.69) is 30.2 Å². The number of fused-ring (bicyclic) bond motifs is 1. The first kappa shape index (κ1) is 31.9. The number of halogens is 7. The second kappa shape index (κ2) is 11.9. The number of amides is 3. The Morgan fingerprint density at radius 1 is 1.21 bits per heavy atom. The number of aromatic amines is 1. The molecular weight excluding hydrogens is 599 g/mol. The van der Waals surface area contributed by atoms with E-state index in [0.717, 1.165) is 11.8 Å². The molecule has 4 rings (SSSR count). The number of aryl methyl sites for hydroxylation is 1. The Morgan fingerprint density at radius 3 is 2.47 bits per heavy atom. The van der Waals surface area contributed by atoms with Crippen LogP contribution in [0.5, 0.6) is 0 Å². The highest BCUT2D eigenvalue weighted by molar-refractivity contribution is 5.93. The van der Waals surface area contributed by atoms with Crippen LogP contribution in [0.4, 0.5) is 35.5 Å². The highest BCUT2D eigenvalue weighted by Crippen LogP contribution is 2.34. The number of urea groups is 1. The molecule has 3 N–H and O–H groups in total. The zero-order valence-electron chi connectivity index (χ0n) is 22.9. The minimum Gasteiger partial charge on any atom is -0.382 e. The maximum atomic E-state index is 15.9. The maximum absolute atomic E-state index is 15.9. The molecule has 1 aliphatic rings. The summed E-state index contributed by atoms with van der Waals surface area (Å²) in [4.78, 5) is 33.0. The highest BCUT2D eigenvalue weighted by atomic mass is 19.4. The first-order valence-electron chi connectivity index (χ1n) is 12.7. The number of ether oxygens (including phenoxy) is 2. The number of nitrogens with one attached hydrogen (secondary N) is 3. The number of carbonyl (C=O) groups excluding carboxylic acids is 2. The zero-order chi connectivity index (χ0) is 31.9. The van der Waals surface area contributed by atoms with E-state index in [4.69, 9.17) is 9.47 Å². The predicted molar refractivity (Wildman–Crippen MR) is 131 cm³/mol. The third kappa shape index (κ3) is 6.66. The molecule has 1 saturated heterocycles. The molecule has 0 spiro atoms. The SMILES string of the molecule is COC[C@H](c1ccc2[nH]c([C@@H](NC(=O)c3nonc3C)[C@@H](C)O[C@H](C)C(F)(F)F)nc2c1F)N1C[C@@H](C(F)(F)F)NC1=O. The molecule has 236 valence electrons. The smallest absolute Gasteiger partial charge is 0.382 e. The van der Waals surface area contributed by atoms with Gasteiger partial charge in [-0.1, -0.05) is 11.2 Å². The van der Waals surface area contributed by atoms with Gasteiger partial charge in [0.1, 0.15) is 29.1 Å². The number of benzene rings is 1. The largest absolute Gasteiger partial charge is 0.414 e. The van der Waals surface area contributed by atoms with Crippen molar-refractivity contribution in [2.75, 3.05) is 20.3 Å². The summed E-state index contributed by atoms with van der Waals surface area (Å²) in [6.45, 7) is 2.21. The average Bonchev–Trinajstić information content (AvgIpc) is 3.64. The number of methoxy groups -OCH3 is 1. The van der Waals surface area contributed by atoms with Crippen LogP contribution in [-0.4, -0.2) is 88.0 Å². The van der Waals surface area contributed by atoms with E-state index in [1.165, 1.54) is 33.1 Å². The van der Waals surface area contributed by atoms with Gasteiger partial charge in [0.25, 0.3) is 5.91 Å². The van der Waals surface area contributed by atoms with Crippen LogP contribution in [0.25, 0.3) is 11.0 Å². The Kier molecular flexibility index (Phi) is 8.87. The molecule has 1 aromatic carbocycles. The Morgan fingerprint density at radius 2 is 1.91 bits per heavy atom. The van der Waals surface area contributed by atoms with Crippen molar-refractivity contribution in [3.8, 4) is 0 Å². The summed E-state index contributed by atoms with van der Waals surface area (Å²) in [6.07, 6.45) is -13.1. The Bertz CT molecular complexity index is 1470. The van der Waals surface area contributed by atoms with Crippen LogP contribution in [0.3, 0.4) is 0 Å². The fourth-order valence-electron chi connectivity index (χ4n) is 4.53. The molecule has 19 heteroatoms. The standard InChI is InChI=1S/C24H26F7N7O5/c1-9-17(37-43-36-9)21(39)35-18(10(2)42-11(3)23(26,27)28)20-32-13-6-5-12(16(25)19(13)34-20)14(8-41-4)38-7-15(24(29,30)31)33-22(38)40/h5-6,10-11,14-15,18H,7-8H2,1-4H3,(H,32,34)(H,33,40)(H,35,39)/t10-,11-,14-,15+,18+/m1/s1. The van der Waals surface area contributed by atoms with Gasteiger partial charge in [-0.05, 0) is 32.0 Å². The van der Waals surface area contributed by atoms with Gasteiger partial charge in [-0.25, -0.2) is 18.8 Å². The van der Waals surface area contributed by atoms with Gasteiger partial charge >= 0.3 is 18.4 Å². The number of carbonyl (C=O) groups is 2. The number of alkyl halides is 6. The van der Waals surface area contributed by atoms with E-state index >= 15 is 4.39 Å². The van der Waals surface area contributed by atoms with Gasteiger partial charge < -0.3 is 30.0 Å². The lowest BCUT2D eigenvalue weighted by Gasteiger charge is -2.27. The molecule has 43 heavy (non-hydrogen) atoms. The van der Waals surface area contributed by atoms with Crippen molar-refractivity contribution in [2.24, 2.45) is 0 Å². The van der Waals surface area contributed by atoms with Gasteiger partial charge in [-0.3, -0.25) is 4.79 Å². The Balaban J connectivity index is 1.71. The lowest BCUT2D eigenvalue weighted by Crippen LogP contribution is -2.41. The summed E-state index contributed by atoms with van der Waals surface area (Å²) in [6, 6.07) is -3.46. The van der Waals surface area contributed by atoms with Crippen LogP contribution in [0.15, 0.2) is 16.8 Å². The lowest BCUT2D eigenvalue weighted by molar-refractivity contribution is -0.227. The Labute approximate surface area is 238 Å². The first-order valence-corrected chi connectivity index (χ1v) is 12.7. The predicted octanol–water partition coefficient (Wildman–Crippen LogP) is 3.86. The number of rotatable bonds is 10. The van der Waals surface area contributed by atoms with Gasteiger partial charge in [0, 0.05) is 12.7 Å². The van der Waals surface area contributed by atoms with Crippen LogP contribution in [0.1, 0.15) is 53.5 Å². The number of imidazole rings is 1. The van der Waals surface area contributed by atoms with E-state index < -0.39 is 67.0 Å². The van der Waals surface area contributed by atoms with Crippen LogP contribution in [0.2, 0.25) is 0 Å². The van der Waals surface area contributed by atoms with Crippen LogP contribution in [0, 0.1) is 12.7 Å². The maximum Gasteiger partial charge on any atom is 0.414 e. The molecule has 3 aromatic rings. The van der Waals surface area contributed by atoms with Crippen molar-refractivity contribution in [1.29, 1.82) is 0 Å². The molecule has 0 bridgehead atoms. The zero-order valence-corrected chi connectivity index (χ0v) is 22.9. The minimum atomic E-state index is -4.75. The summed E-state index contributed by atoms with van der Waals surface area (Å²) >= 11 is 0. The summed E-state index contributed by atoms with van der Waals surface area (Å²) in [5.41, 5.74) is -0.757. The minimum absolute atomic E-state index is 0.0288. The van der Waals surface area contributed by atoms with Gasteiger partial charge in [-0.15, -0.1) is 0 Å². The van der Waals surface area contributed by atoms with Crippen molar-refractivity contribution in [1.82, 2.24) is 35.8 Å². The van der Waals surface area contributed by atoms with Crippen molar-refractivity contribution >= 4 is 23.0 Å². The molecule has 12 nitrogen and oxygen atoms in total. The van der Waals surface area contributed by atoms with Crippen molar-refractivity contribution in [2.45, 2.75) is 63.5 Å². The van der Waals surface area contributed by atoms with Gasteiger partial charge in [-0.2, -0.15) is 26.3 Å². The molecule has 3 amide bonds. The third-order valence-corrected chi connectivity index (χ3v) is 6.83. The molecule has 1 fully saturated rings. The normalized spacial score (nSPS) is 18.9. The third-order valence-electron chi connectivity index (χ3n) is 6.83. The number of hydrogen-bond donors (Lipinski definition) is 3. The number of aromatic nitrogens is 4. The van der Waals surface area contributed by atoms with Crippen LogP contribution >= 0.6 is 0 Å². The summed E-state index contributed by atoms with van der Waals surface area (Å²) in [5, 5.41) is 11.2. The summed E-state index contributed by atoms with van der Waals surface area (Å²) < 4.78 is 110. The average molecular weight is 626 g/mol. The number of H-pyrrole nitrogens is 1. The quantitative estimate of drug-likeness (QED) is 0.288. The Hall–Kier alpha value is -4.00. The van der Waals surface area contributed by atoms with Crippen molar-refractivity contribution in [3.05, 3.63) is 40.7 Å². The second-order valence-electron chi connectivity index (χ2n) is 9.83. The number of nitrogens with zero attached hydrogens (tertiary/aromatic N) is 4. The van der Waals surface area contributed by atoms with Crippen LogP contribution < -0.4 is 10.6 Å². The van der Waals surface area contributed by atoms with E-state index in [1.54, 1.807) is 0 Å². The molecule has 2 aromatic heterocycles. The van der Waals surface area contributed by atoms with Crippen LogP contribution in [-0.2, 0) is 9.47 Å². The fraction of sp³-hybridized carbons (Fsp3) is 0.542. The van der Waals surface area contributed by atoms with E-state index in [1.807, 2.05) is 5.32 Å². The molecular formula is C24H26F7N7O5. The molecule has 0 aliphatic carbocycles. The molecule has 0 saturated carbocycles. The van der Waals surface area contributed by atoms with Gasteiger partial charge in [0.15, 0.2) is 17.6 Å². The van der Waals surface area contributed by atoms with Gasteiger partial charge in [0.05, 0.1) is 30.8 Å². The molecule has 3 heterocycles. The van der Waals surface area contributed by atoms with Gasteiger partial charge in [0.2, 0.25) is 0 Å². The van der Waals surface area contributed by atoms with Crippen molar-refractivity contribution < 1.29 is 54.4 Å². The topological polar surface area (TPSA) is 147 Å². The monoisotopic (exact) mass is 625 g/mol.